The molecule has 4 nitrogen and oxygen atoms in total. The molecule has 106 valence electrons. The predicted octanol–water partition coefficient (Wildman–Crippen LogP) is 2.22. The molecule has 1 aliphatic rings. The Morgan fingerprint density at radius 3 is 2.70 bits per heavy atom. The highest BCUT2D eigenvalue weighted by molar-refractivity contribution is 7.91. The summed E-state index contributed by atoms with van der Waals surface area (Å²) in [5.41, 5.74) is 2.16. The largest absolute Gasteiger partial charge is 0.467 e. The van der Waals surface area contributed by atoms with Crippen LogP contribution in [0.2, 0.25) is 0 Å². The van der Waals surface area contributed by atoms with Crippen molar-refractivity contribution in [1.29, 1.82) is 0 Å². The van der Waals surface area contributed by atoms with Crippen LogP contribution >= 0.6 is 0 Å². The minimum Gasteiger partial charge on any atom is -0.467 e. The predicted molar refractivity (Wildman–Crippen MR) is 78.0 cm³/mol. The molecule has 1 atom stereocenters. The summed E-state index contributed by atoms with van der Waals surface area (Å²) in [6.07, 6.45) is 2.42. The third-order valence-corrected chi connectivity index (χ3v) is 5.33. The van der Waals surface area contributed by atoms with Crippen molar-refractivity contribution >= 4 is 9.84 Å². The van der Waals surface area contributed by atoms with E-state index in [1.807, 2.05) is 36.4 Å². The van der Waals surface area contributed by atoms with Crippen molar-refractivity contribution < 1.29 is 12.8 Å². The van der Waals surface area contributed by atoms with Gasteiger partial charge in [0.05, 0.1) is 24.3 Å². The van der Waals surface area contributed by atoms with Gasteiger partial charge in [-0.05, 0) is 18.1 Å². The zero-order chi connectivity index (χ0) is 14.0. The van der Waals surface area contributed by atoms with Crippen LogP contribution in [0.4, 0.5) is 0 Å². The van der Waals surface area contributed by atoms with Gasteiger partial charge in [0.2, 0.25) is 0 Å². The fourth-order valence-electron chi connectivity index (χ4n) is 2.46. The SMILES string of the molecule is O=S1(=O)CC[C@@H](NCc2cc(-c3ccccc3)co2)C1. The lowest BCUT2D eigenvalue weighted by Crippen LogP contribution is -2.29. The number of hydrogen-bond donors (Lipinski definition) is 1. The van der Waals surface area contributed by atoms with Crippen LogP contribution < -0.4 is 5.32 Å². The lowest BCUT2D eigenvalue weighted by Gasteiger charge is -2.08. The molecule has 0 saturated carbocycles. The van der Waals surface area contributed by atoms with Gasteiger partial charge in [-0.25, -0.2) is 8.42 Å². The topological polar surface area (TPSA) is 59.3 Å². The van der Waals surface area contributed by atoms with Crippen molar-refractivity contribution in [3.05, 3.63) is 48.4 Å². The van der Waals surface area contributed by atoms with Crippen LogP contribution in [-0.4, -0.2) is 26.0 Å². The Kier molecular flexibility index (Phi) is 3.63. The molecule has 0 unspecified atom stereocenters. The Morgan fingerprint density at radius 1 is 1.20 bits per heavy atom. The van der Waals surface area contributed by atoms with Crippen molar-refractivity contribution in [2.75, 3.05) is 11.5 Å². The van der Waals surface area contributed by atoms with E-state index in [1.165, 1.54) is 0 Å². The molecule has 2 heterocycles. The van der Waals surface area contributed by atoms with Gasteiger partial charge in [-0.15, -0.1) is 0 Å². The molecular weight excluding hydrogens is 274 g/mol. The molecule has 0 bridgehead atoms. The van der Waals surface area contributed by atoms with Gasteiger partial charge in [0.1, 0.15) is 5.76 Å². The van der Waals surface area contributed by atoms with Gasteiger partial charge in [-0.3, -0.25) is 0 Å². The van der Waals surface area contributed by atoms with Crippen LogP contribution in [0, 0.1) is 0 Å². The smallest absolute Gasteiger partial charge is 0.151 e. The molecule has 1 saturated heterocycles. The molecule has 1 aromatic heterocycles. The Hall–Kier alpha value is -1.59. The average Bonchev–Trinajstić information content (AvgIpc) is 3.04. The Morgan fingerprint density at radius 2 is 2.00 bits per heavy atom. The van der Waals surface area contributed by atoms with Crippen molar-refractivity contribution in [2.24, 2.45) is 0 Å². The number of sulfone groups is 1. The lowest BCUT2D eigenvalue weighted by atomic mass is 10.1. The third-order valence-electron chi connectivity index (χ3n) is 3.56. The fraction of sp³-hybridized carbons (Fsp3) is 0.333. The summed E-state index contributed by atoms with van der Waals surface area (Å²) in [4.78, 5) is 0. The number of benzene rings is 1. The Balaban J connectivity index is 1.61. The van der Waals surface area contributed by atoms with Crippen molar-refractivity contribution in [3.63, 3.8) is 0 Å². The first-order valence-electron chi connectivity index (χ1n) is 6.69. The van der Waals surface area contributed by atoms with E-state index < -0.39 is 9.84 Å². The van der Waals surface area contributed by atoms with Gasteiger partial charge in [-0.1, -0.05) is 30.3 Å². The third kappa shape index (κ3) is 3.11. The van der Waals surface area contributed by atoms with Gasteiger partial charge in [0.25, 0.3) is 0 Å². The molecule has 5 heteroatoms. The van der Waals surface area contributed by atoms with E-state index in [-0.39, 0.29) is 17.5 Å². The van der Waals surface area contributed by atoms with E-state index in [4.69, 9.17) is 4.42 Å². The maximum Gasteiger partial charge on any atom is 0.151 e. The van der Waals surface area contributed by atoms with Crippen LogP contribution in [0.15, 0.2) is 47.1 Å². The van der Waals surface area contributed by atoms with Crippen LogP contribution in [0.25, 0.3) is 11.1 Å². The van der Waals surface area contributed by atoms with Crippen LogP contribution in [0.1, 0.15) is 12.2 Å². The molecule has 0 amide bonds. The maximum absolute atomic E-state index is 11.4. The highest BCUT2D eigenvalue weighted by Crippen LogP contribution is 2.22. The Labute approximate surface area is 118 Å². The van der Waals surface area contributed by atoms with Crippen LogP contribution in [0.3, 0.4) is 0 Å². The molecule has 3 rings (SSSR count). The number of nitrogens with one attached hydrogen (secondary N) is 1. The summed E-state index contributed by atoms with van der Waals surface area (Å²) in [7, 11) is -2.83. The maximum atomic E-state index is 11.4. The average molecular weight is 291 g/mol. The molecule has 0 radical (unpaired) electrons. The molecule has 1 fully saturated rings. The molecule has 2 aromatic rings. The van der Waals surface area contributed by atoms with Crippen molar-refractivity contribution in [2.45, 2.75) is 19.0 Å². The second-order valence-electron chi connectivity index (χ2n) is 5.15. The van der Waals surface area contributed by atoms with E-state index in [1.54, 1.807) is 6.26 Å². The second kappa shape index (κ2) is 5.42. The standard InChI is InChI=1S/C15H17NO3S/c17-20(18)7-6-14(11-20)16-9-15-8-13(10-19-15)12-4-2-1-3-5-12/h1-5,8,10,14,16H,6-7,9,11H2/t14-/m1/s1. The summed E-state index contributed by atoms with van der Waals surface area (Å²) in [6, 6.07) is 12.1. The minimum absolute atomic E-state index is 0.0466. The zero-order valence-electron chi connectivity index (χ0n) is 11.1. The molecule has 0 aliphatic carbocycles. The first-order chi connectivity index (χ1) is 9.62. The second-order valence-corrected chi connectivity index (χ2v) is 7.38. The molecular formula is C15H17NO3S. The number of furan rings is 1. The first-order valence-corrected chi connectivity index (χ1v) is 8.51. The summed E-state index contributed by atoms with van der Waals surface area (Å²) in [5, 5.41) is 3.25. The van der Waals surface area contributed by atoms with Gasteiger partial charge in [-0.2, -0.15) is 0 Å². The normalized spacial score (nSPS) is 21.1. The molecule has 0 spiro atoms. The van der Waals surface area contributed by atoms with Gasteiger partial charge < -0.3 is 9.73 Å². The highest BCUT2D eigenvalue weighted by Gasteiger charge is 2.27. The fourth-order valence-corrected chi connectivity index (χ4v) is 4.16. The van der Waals surface area contributed by atoms with E-state index in [9.17, 15) is 8.42 Å². The number of rotatable bonds is 4. The van der Waals surface area contributed by atoms with E-state index in [2.05, 4.69) is 5.32 Å². The lowest BCUT2D eigenvalue weighted by molar-refractivity contribution is 0.457. The van der Waals surface area contributed by atoms with Crippen LogP contribution in [0.5, 0.6) is 0 Å². The monoisotopic (exact) mass is 291 g/mol. The van der Waals surface area contributed by atoms with E-state index in [0.29, 0.717) is 13.0 Å². The molecule has 1 aliphatic heterocycles. The van der Waals surface area contributed by atoms with Crippen molar-refractivity contribution in [1.82, 2.24) is 5.32 Å². The van der Waals surface area contributed by atoms with E-state index >= 15 is 0 Å². The first kappa shape index (κ1) is 13.4. The molecule has 20 heavy (non-hydrogen) atoms. The number of hydrogen-bond acceptors (Lipinski definition) is 4. The summed E-state index contributed by atoms with van der Waals surface area (Å²) >= 11 is 0. The van der Waals surface area contributed by atoms with Gasteiger partial charge >= 0.3 is 0 Å². The quantitative estimate of drug-likeness (QED) is 0.938. The van der Waals surface area contributed by atoms with Gasteiger partial charge in [0.15, 0.2) is 9.84 Å². The molecule has 1 aromatic carbocycles. The Bertz CT molecular complexity index is 676. The summed E-state index contributed by atoms with van der Waals surface area (Å²) in [5.74, 6) is 1.35. The summed E-state index contributed by atoms with van der Waals surface area (Å²) in [6.45, 7) is 0.563. The zero-order valence-corrected chi connectivity index (χ0v) is 11.9. The summed E-state index contributed by atoms with van der Waals surface area (Å²) < 4.78 is 28.3. The molecule has 1 N–H and O–H groups in total. The minimum atomic E-state index is -2.83. The van der Waals surface area contributed by atoms with Gasteiger partial charge in [0, 0.05) is 11.6 Å². The van der Waals surface area contributed by atoms with E-state index in [0.717, 1.165) is 16.9 Å². The van der Waals surface area contributed by atoms with Crippen LogP contribution in [-0.2, 0) is 16.4 Å². The van der Waals surface area contributed by atoms with Crippen molar-refractivity contribution in [3.8, 4) is 11.1 Å². The highest BCUT2D eigenvalue weighted by atomic mass is 32.2.